The average molecular weight is 407 g/mol. The highest BCUT2D eigenvalue weighted by atomic mass is 127. The van der Waals surface area contributed by atoms with Crippen LogP contribution in [0.4, 0.5) is 5.13 Å². The van der Waals surface area contributed by atoms with E-state index in [1.165, 1.54) is 11.3 Å². The average Bonchev–Trinajstić information content (AvgIpc) is 2.97. The van der Waals surface area contributed by atoms with Crippen LogP contribution in [0.5, 0.6) is 0 Å². The van der Waals surface area contributed by atoms with Crippen LogP contribution in [0.25, 0.3) is 11.4 Å². The Morgan fingerprint density at radius 2 is 1.90 bits per heavy atom. The summed E-state index contributed by atoms with van der Waals surface area (Å²) < 4.78 is 0.911. The van der Waals surface area contributed by atoms with Crippen LogP contribution in [0.15, 0.2) is 54.0 Å². The van der Waals surface area contributed by atoms with E-state index in [0.29, 0.717) is 10.7 Å². The first-order valence-corrected chi connectivity index (χ1v) is 8.13. The fourth-order valence-corrected chi connectivity index (χ4v) is 3.10. The van der Waals surface area contributed by atoms with Crippen LogP contribution < -0.4 is 5.32 Å². The standard InChI is InChI=1S/C15H10IN3OS/c16-11-6-2-1-5-10(11)14(20)19-15-18-13(9-21-15)12-7-3-4-8-17-12/h1-9H,(H,18,19,20). The predicted octanol–water partition coefficient (Wildman–Crippen LogP) is 4.06. The molecule has 104 valence electrons. The van der Waals surface area contributed by atoms with Crippen molar-refractivity contribution in [3.63, 3.8) is 0 Å². The summed E-state index contributed by atoms with van der Waals surface area (Å²) in [5.74, 6) is -0.151. The first-order chi connectivity index (χ1) is 10.2. The molecule has 21 heavy (non-hydrogen) atoms. The lowest BCUT2D eigenvalue weighted by atomic mass is 10.2. The Morgan fingerprint density at radius 1 is 1.10 bits per heavy atom. The highest BCUT2D eigenvalue weighted by Gasteiger charge is 2.12. The van der Waals surface area contributed by atoms with Crippen LogP contribution in [0.2, 0.25) is 0 Å². The fourth-order valence-electron chi connectivity index (χ4n) is 1.77. The van der Waals surface area contributed by atoms with Crippen molar-refractivity contribution in [2.24, 2.45) is 0 Å². The summed E-state index contributed by atoms with van der Waals surface area (Å²) in [5.41, 5.74) is 2.20. The summed E-state index contributed by atoms with van der Waals surface area (Å²) in [6, 6.07) is 13.1. The van der Waals surface area contributed by atoms with Crippen molar-refractivity contribution < 1.29 is 4.79 Å². The molecule has 0 aliphatic heterocycles. The molecule has 0 aliphatic rings. The molecule has 0 radical (unpaired) electrons. The van der Waals surface area contributed by atoms with Crippen molar-refractivity contribution in [3.05, 3.63) is 63.2 Å². The van der Waals surface area contributed by atoms with Gasteiger partial charge in [-0.25, -0.2) is 4.98 Å². The van der Waals surface area contributed by atoms with E-state index >= 15 is 0 Å². The molecule has 4 nitrogen and oxygen atoms in total. The second-order valence-corrected chi connectivity index (χ2v) is 6.21. The number of anilines is 1. The SMILES string of the molecule is O=C(Nc1nc(-c2ccccn2)cs1)c1ccccc1I. The molecule has 0 aliphatic carbocycles. The zero-order chi connectivity index (χ0) is 14.7. The third-order valence-electron chi connectivity index (χ3n) is 2.77. The lowest BCUT2D eigenvalue weighted by Gasteiger charge is -2.03. The van der Waals surface area contributed by atoms with Gasteiger partial charge in [0.05, 0.1) is 11.3 Å². The van der Waals surface area contributed by atoms with E-state index in [2.05, 4.69) is 37.9 Å². The Morgan fingerprint density at radius 3 is 2.67 bits per heavy atom. The molecule has 1 N–H and O–H groups in total. The van der Waals surface area contributed by atoms with Crippen molar-refractivity contribution in [2.75, 3.05) is 5.32 Å². The molecule has 3 rings (SSSR count). The van der Waals surface area contributed by atoms with E-state index in [9.17, 15) is 4.79 Å². The van der Waals surface area contributed by atoms with Crippen molar-refractivity contribution >= 4 is 45.0 Å². The largest absolute Gasteiger partial charge is 0.298 e. The number of rotatable bonds is 3. The maximum Gasteiger partial charge on any atom is 0.258 e. The van der Waals surface area contributed by atoms with Crippen LogP contribution in [0.1, 0.15) is 10.4 Å². The summed E-state index contributed by atoms with van der Waals surface area (Å²) in [6.45, 7) is 0. The highest BCUT2D eigenvalue weighted by Crippen LogP contribution is 2.24. The van der Waals surface area contributed by atoms with Gasteiger partial charge in [-0.15, -0.1) is 11.3 Å². The van der Waals surface area contributed by atoms with Crippen LogP contribution in [0.3, 0.4) is 0 Å². The van der Waals surface area contributed by atoms with E-state index in [-0.39, 0.29) is 5.91 Å². The number of nitrogens with one attached hydrogen (secondary N) is 1. The van der Waals surface area contributed by atoms with E-state index in [4.69, 9.17) is 0 Å². The number of hydrogen-bond donors (Lipinski definition) is 1. The molecule has 3 aromatic rings. The van der Waals surface area contributed by atoms with Gasteiger partial charge < -0.3 is 0 Å². The van der Waals surface area contributed by atoms with E-state index in [0.717, 1.165) is 15.0 Å². The van der Waals surface area contributed by atoms with Crippen LogP contribution >= 0.6 is 33.9 Å². The molecule has 0 spiro atoms. The van der Waals surface area contributed by atoms with Crippen molar-refractivity contribution in [3.8, 4) is 11.4 Å². The number of carbonyl (C=O) groups is 1. The lowest BCUT2D eigenvalue weighted by Crippen LogP contribution is -2.13. The van der Waals surface area contributed by atoms with Crippen LogP contribution in [-0.4, -0.2) is 15.9 Å². The molecular formula is C15H10IN3OS. The number of halogens is 1. The Balaban J connectivity index is 1.79. The zero-order valence-corrected chi connectivity index (χ0v) is 13.8. The van der Waals surface area contributed by atoms with Crippen LogP contribution in [-0.2, 0) is 0 Å². The number of hydrogen-bond acceptors (Lipinski definition) is 4. The third kappa shape index (κ3) is 3.27. The molecule has 0 fully saturated rings. The molecule has 2 heterocycles. The molecule has 0 saturated carbocycles. The smallest absolute Gasteiger partial charge is 0.258 e. The number of pyridine rings is 1. The number of carbonyl (C=O) groups excluding carboxylic acids is 1. The van der Waals surface area contributed by atoms with E-state index in [1.54, 1.807) is 12.3 Å². The summed E-state index contributed by atoms with van der Waals surface area (Å²) in [7, 11) is 0. The monoisotopic (exact) mass is 407 g/mol. The number of amides is 1. The minimum absolute atomic E-state index is 0.151. The van der Waals surface area contributed by atoms with Gasteiger partial charge in [-0.1, -0.05) is 18.2 Å². The molecular weight excluding hydrogens is 397 g/mol. The van der Waals surface area contributed by atoms with Gasteiger partial charge in [-0.05, 0) is 46.9 Å². The highest BCUT2D eigenvalue weighted by molar-refractivity contribution is 14.1. The van der Waals surface area contributed by atoms with Crippen molar-refractivity contribution in [1.82, 2.24) is 9.97 Å². The minimum Gasteiger partial charge on any atom is -0.298 e. The fraction of sp³-hybridized carbons (Fsp3) is 0. The molecule has 2 aromatic heterocycles. The van der Waals surface area contributed by atoms with Gasteiger partial charge in [0.15, 0.2) is 5.13 Å². The molecule has 0 bridgehead atoms. The second-order valence-electron chi connectivity index (χ2n) is 4.19. The number of nitrogens with zero attached hydrogens (tertiary/aromatic N) is 2. The van der Waals surface area contributed by atoms with Crippen molar-refractivity contribution in [1.29, 1.82) is 0 Å². The van der Waals surface area contributed by atoms with Gasteiger partial charge in [0.2, 0.25) is 0 Å². The van der Waals surface area contributed by atoms with Crippen molar-refractivity contribution in [2.45, 2.75) is 0 Å². The maximum atomic E-state index is 12.2. The first-order valence-electron chi connectivity index (χ1n) is 6.17. The molecule has 6 heteroatoms. The zero-order valence-electron chi connectivity index (χ0n) is 10.8. The molecule has 1 amide bonds. The Labute approximate surface area is 139 Å². The Hall–Kier alpha value is -1.80. The Bertz CT molecular complexity index is 773. The van der Waals surface area contributed by atoms with Gasteiger partial charge in [-0.2, -0.15) is 0 Å². The van der Waals surface area contributed by atoms with E-state index in [1.807, 2.05) is 41.8 Å². The summed E-state index contributed by atoms with van der Waals surface area (Å²) in [6.07, 6.45) is 1.72. The number of thiazole rings is 1. The molecule has 1 aromatic carbocycles. The van der Waals surface area contributed by atoms with E-state index < -0.39 is 0 Å². The molecule has 0 unspecified atom stereocenters. The number of aromatic nitrogens is 2. The predicted molar refractivity (Wildman–Crippen MR) is 92.5 cm³/mol. The topological polar surface area (TPSA) is 54.9 Å². The summed E-state index contributed by atoms with van der Waals surface area (Å²) in [5, 5.41) is 5.28. The second kappa shape index (κ2) is 6.31. The quantitative estimate of drug-likeness (QED) is 0.667. The Kier molecular flexibility index (Phi) is 4.26. The van der Waals surface area contributed by atoms with Gasteiger partial charge in [0.25, 0.3) is 5.91 Å². The normalized spacial score (nSPS) is 10.3. The molecule has 0 atom stereocenters. The summed E-state index contributed by atoms with van der Waals surface area (Å²) >= 11 is 3.53. The van der Waals surface area contributed by atoms with Gasteiger partial charge in [0.1, 0.15) is 5.69 Å². The third-order valence-corrected chi connectivity index (χ3v) is 4.47. The lowest BCUT2D eigenvalue weighted by molar-refractivity contribution is 0.102. The summed E-state index contributed by atoms with van der Waals surface area (Å²) in [4.78, 5) is 20.9. The molecule has 0 saturated heterocycles. The van der Waals surface area contributed by atoms with Gasteiger partial charge >= 0.3 is 0 Å². The minimum atomic E-state index is -0.151. The van der Waals surface area contributed by atoms with Gasteiger partial charge in [0, 0.05) is 15.1 Å². The maximum absolute atomic E-state index is 12.2. The van der Waals surface area contributed by atoms with Crippen LogP contribution in [0, 0.1) is 3.57 Å². The first kappa shape index (κ1) is 14.2. The number of benzene rings is 1. The van der Waals surface area contributed by atoms with Gasteiger partial charge in [-0.3, -0.25) is 15.1 Å².